The molecule has 0 atom stereocenters. The van der Waals surface area contributed by atoms with Crippen molar-refractivity contribution in [3.8, 4) is 0 Å². The standard InChI is InChI=1S/C6H14.2C2H3N3/c1-3-5-6-4-2;2*1-2-4-5-3-1/h3-6H2,1-2H3;2*1-2H,(H,3,4,5). The van der Waals surface area contributed by atoms with E-state index in [1.165, 1.54) is 25.7 Å². The van der Waals surface area contributed by atoms with Gasteiger partial charge in [-0.25, -0.2) is 0 Å². The molecule has 2 N–H and O–H groups in total. The maximum Gasteiger partial charge on any atom is 0.0690 e. The Morgan fingerprint density at radius 3 is 1.38 bits per heavy atom. The van der Waals surface area contributed by atoms with Gasteiger partial charge in [0, 0.05) is 12.4 Å². The largest absolute Gasteiger partial charge is 0.266 e. The van der Waals surface area contributed by atoms with E-state index in [4.69, 9.17) is 0 Å². The number of nitrogens with zero attached hydrogens (tertiary/aromatic N) is 4. The summed E-state index contributed by atoms with van der Waals surface area (Å²) in [4.78, 5) is 0. The fourth-order valence-electron chi connectivity index (χ4n) is 0.833. The van der Waals surface area contributed by atoms with Crippen molar-refractivity contribution in [1.82, 2.24) is 30.8 Å². The fourth-order valence-corrected chi connectivity index (χ4v) is 0.833. The Morgan fingerprint density at radius 2 is 1.25 bits per heavy atom. The number of nitrogens with one attached hydrogen (secondary N) is 2. The Balaban J connectivity index is 0.000000211. The first-order chi connectivity index (χ1) is 7.91. The first kappa shape index (κ1) is 14.3. The van der Waals surface area contributed by atoms with E-state index in [2.05, 4.69) is 44.7 Å². The zero-order valence-corrected chi connectivity index (χ0v) is 9.93. The number of H-pyrrole nitrogens is 2. The predicted octanol–water partition coefficient (Wildman–Crippen LogP) is 2.20. The van der Waals surface area contributed by atoms with Gasteiger partial charge in [0.1, 0.15) is 0 Å². The van der Waals surface area contributed by atoms with E-state index in [-0.39, 0.29) is 0 Å². The van der Waals surface area contributed by atoms with Crippen molar-refractivity contribution < 1.29 is 0 Å². The van der Waals surface area contributed by atoms with Crippen molar-refractivity contribution in [3.63, 3.8) is 0 Å². The number of aromatic amines is 2. The quantitative estimate of drug-likeness (QED) is 0.783. The lowest BCUT2D eigenvalue weighted by Gasteiger charge is -1.86. The van der Waals surface area contributed by atoms with Gasteiger partial charge in [0.25, 0.3) is 0 Å². The van der Waals surface area contributed by atoms with Crippen molar-refractivity contribution in [2.75, 3.05) is 0 Å². The zero-order chi connectivity index (χ0) is 11.9. The van der Waals surface area contributed by atoms with Crippen LogP contribution in [0.3, 0.4) is 0 Å². The molecule has 0 aliphatic rings. The van der Waals surface area contributed by atoms with E-state index >= 15 is 0 Å². The number of rotatable bonds is 3. The lowest BCUT2D eigenvalue weighted by Crippen LogP contribution is -1.66. The highest BCUT2D eigenvalue weighted by Crippen LogP contribution is 1.95. The SMILES string of the molecule is CCCCCC.c1c[nH]nn1.c1c[nH]nn1. The molecule has 0 saturated heterocycles. The van der Waals surface area contributed by atoms with E-state index in [0.717, 1.165) is 0 Å². The minimum atomic E-state index is 1.36. The van der Waals surface area contributed by atoms with E-state index < -0.39 is 0 Å². The lowest BCUT2D eigenvalue weighted by atomic mass is 10.2. The second kappa shape index (κ2) is 13.3. The third-order valence-electron chi connectivity index (χ3n) is 1.62. The van der Waals surface area contributed by atoms with E-state index in [9.17, 15) is 0 Å². The summed E-state index contributed by atoms with van der Waals surface area (Å²) in [5.41, 5.74) is 0. The lowest BCUT2D eigenvalue weighted by molar-refractivity contribution is 0.702. The van der Waals surface area contributed by atoms with Crippen LogP contribution in [0.1, 0.15) is 39.5 Å². The maximum atomic E-state index is 3.42. The van der Waals surface area contributed by atoms with E-state index in [1.807, 2.05) is 0 Å². The van der Waals surface area contributed by atoms with E-state index in [1.54, 1.807) is 24.8 Å². The molecule has 90 valence electrons. The average Bonchev–Trinajstić information content (AvgIpc) is 3.00. The highest BCUT2D eigenvalue weighted by atomic mass is 15.3. The van der Waals surface area contributed by atoms with Gasteiger partial charge in [-0.2, -0.15) is 0 Å². The fraction of sp³-hybridized carbons (Fsp3) is 0.600. The summed E-state index contributed by atoms with van der Waals surface area (Å²) in [6.45, 7) is 4.46. The normalized spacial score (nSPS) is 8.38. The summed E-state index contributed by atoms with van der Waals surface area (Å²) in [5, 5.41) is 18.5. The third-order valence-corrected chi connectivity index (χ3v) is 1.62. The molecule has 2 rings (SSSR count). The molecule has 0 bridgehead atoms. The minimum absolute atomic E-state index is 1.36. The first-order valence-electron chi connectivity index (χ1n) is 5.52. The first-order valence-corrected chi connectivity index (χ1v) is 5.52. The van der Waals surface area contributed by atoms with Crippen LogP contribution in [0.25, 0.3) is 0 Å². The van der Waals surface area contributed by atoms with Gasteiger partial charge in [-0.1, -0.05) is 50.0 Å². The van der Waals surface area contributed by atoms with Gasteiger partial charge in [-0.3, -0.25) is 10.2 Å². The Labute approximate surface area is 95.9 Å². The summed E-state index contributed by atoms with van der Waals surface area (Å²) in [6, 6.07) is 0. The second-order valence-electron chi connectivity index (χ2n) is 3.03. The molecule has 0 saturated carbocycles. The number of unbranched alkanes of at least 4 members (excludes halogenated alkanes) is 3. The van der Waals surface area contributed by atoms with Gasteiger partial charge in [0.05, 0.1) is 12.4 Å². The molecule has 0 spiro atoms. The molecular formula is C10H20N6. The Morgan fingerprint density at radius 1 is 0.812 bits per heavy atom. The molecule has 6 nitrogen and oxygen atoms in total. The molecule has 0 aliphatic carbocycles. The van der Waals surface area contributed by atoms with Crippen LogP contribution < -0.4 is 0 Å². The summed E-state index contributed by atoms with van der Waals surface area (Å²) < 4.78 is 0. The van der Waals surface area contributed by atoms with Gasteiger partial charge >= 0.3 is 0 Å². The maximum absolute atomic E-state index is 3.42. The summed E-state index contributed by atoms with van der Waals surface area (Å²) in [7, 11) is 0. The predicted molar refractivity (Wildman–Crippen MR) is 62.6 cm³/mol. The third kappa shape index (κ3) is 12.3. The van der Waals surface area contributed by atoms with Crippen LogP contribution in [0.5, 0.6) is 0 Å². The molecule has 6 heteroatoms. The second-order valence-corrected chi connectivity index (χ2v) is 3.03. The highest BCUT2D eigenvalue weighted by molar-refractivity contribution is 4.55. The molecule has 0 radical (unpaired) electrons. The number of hydrogen-bond donors (Lipinski definition) is 2. The van der Waals surface area contributed by atoms with Crippen LogP contribution in [0.15, 0.2) is 24.8 Å². The highest BCUT2D eigenvalue weighted by Gasteiger charge is 1.75. The monoisotopic (exact) mass is 224 g/mol. The van der Waals surface area contributed by atoms with Gasteiger partial charge in [0.15, 0.2) is 0 Å². The molecule has 0 fully saturated rings. The smallest absolute Gasteiger partial charge is 0.0690 e. The number of aromatic nitrogens is 6. The molecule has 16 heavy (non-hydrogen) atoms. The van der Waals surface area contributed by atoms with Gasteiger partial charge < -0.3 is 0 Å². The molecule has 0 aromatic carbocycles. The van der Waals surface area contributed by atoms with Crippen molar-refractivity contribution in [2.45, 2.75) is 39.5 Å². The minimum Gasteiger partial charge on any atom is -0.266 e. The molecule has 2 heterocycles. The summed E-state index contributed by atoms with van der Waals surface area (Å²) >= 11 is 0. The molecule has 0 aliphatic heterocycles. The topological polar surface area (TPSA) is 83.1 Å². The van der Waals surface area contributed by atoms with Gasteiger partial charge in [-0.15, -0.1) is 10.2 Å². The Hall–Kier alpha value is -1.72. The van der Waals surface area contributed by atoms with Gasteiger partial charge in [-0.05, 0) is 0 Å². The average molecular weight is 224 g/mol. The van der Waals surface area contributed by atoms with E-state index in [0.29, 0.717) is 0 Å². The van der Waals surface area contributed by atoms with Crippen LogP contribution in [0.2, 0.25) is 0 Å². The van der Waals surface area contributed by atoms with Crippen LogP contribution in [0.4, 0.5) is 0 Å². The van der Waals surface area contributed by atoms with Crippen LogP contribution >= 0.6 is 0 Å². The Bertz CT molecular complexity index is 201. The molecule has 0 unspecified atom stereocenters. The number of hydrogen-bond acceptors (Lipinski definition) is 4. The molecule has 0 amide bonds. The molecule has 2 aromatic rings. The van der Waals surface area contributed by atoms with Gasteiger partial charge in [0.2, 0.25) is 0 Å². The zero-order valence-electron chi connectivity index (χ0n) is 9.93. The molecular weight excluding hydrogens is 204 g/mol. The summed E-state index contributed by atoms with van der Waals surface area (Å²) in [5.74, 6) is 0. The van der Waals surface area contributed by atoms with Crippen molar-refractivity contribution in [2.24, 2.45) is 0 Å². The van der Waals surface area contributed by atoms with Crippen molar-refractivity contribution >= 4 is 0 Å². The summed E-state index contributed by atoms with van der Waals surface area (Å²) in [6.07, 6.45) is 12.0. The van der Waals surface area contributed by atoms with Crippen LogP contribution in [0, 0.1) is 0 Å². The van der Waals surface area contributed by atoms with Crippen LogP contribution in [-0.2, 0) is 0 Å². The van der Waals surface area contributed by atoms with Crippen molar-refractivity contribution in [3.05, 3.63) is 24.8 Å². The molecule has 2 aromatic heterocycles. The van der Waals surface area contributed by atoms with Crippen LogP contribution in [-0.4, -0.2) is 30.8 Å². The van der Waals surface area contributed by atoms with Crippen molar-refractivity contribution in [1.29, 1.82) is 0 Å². The Kier molecular flexibility index (Phi) is 11.9.